The van der Waals surface area contributed by atoms with E-state index in [1.54, 1.807) is 0 Å². The molecule has 1 rings (SSSR count). The summed E-state index contributed by atoms with van der Waals surface area (Å²) in [5.41, 5.74) is 0. The monoisotopic (exact) mass is 175 g/mol. The van der Waals surface area contributed by atoms with E-state index in [4.69, 9.17) is 0 Å². The van der Waals surface area contributed by atoms with Crippen molar-refractivity contribution < 1.29 is 0 Å². The Morgan fingerprint density at radius 3 is 2.18 bits per heavy atom. The van der Waals surface area contributed by atoms with Gasteiger partial charge in [0.1, 0.15) is 0 Å². The lowest BCUT2D eigenvalue weighted by Gasteiger charge is -2.20. The Balaban J connectivity index is 0.000000461. The molecule has 0 N–H and O–H groups in total. The molecule has 0 radical (unpaired) electrons. The van der Waals surface area contributed by atoms with Crippen molar-refractivity contribution in [1.82, 2.24) is 4.90 Å². The van der Waals surface area contributed by atoms with Gasteiger partial charge in [-0.2, -0.15) is 0 Å². The fourth-order valence-corrected chi connectivity index (χ4v) is 2.59. The van der Waals surface area contributed by atoms with Crippen molar-refractivity contribution in [1.29, 1.82) is 0 Å². The highest BCUT2D eigenvalue weighted by molar-refractivity contribution is 8.00. The molecule has 11 heavy (non-hydrogen) atoms. The van der Waals surface area contributed by atoms with Crippen LogP contribution in [0, 0.1) is 0 Å². The van der Waals surface area contributed by atoms with E-state index in [0.717, 1.165) is 11.4 Å². The lowest BCUT2D eigenvalue weighted by Crippen LogP contribution is -2.29. The van der Waals surface area contributed by atoms with E-state index in [0.29, 0.717) is 0 Å². The number of hydrogen-bond acceptors (Lipinski definition) is 2. The summed E-state index contributed by atoms with van der Waals surface area (Å²) in [4.78, 5) is 2.46. The van der Waals surface area contributed by atoms with Crippen LogP contribution in [0.2, 0.25) is 0 Å². The molecule has 0 saturated carbocycles. The standard InChI is InChI=1S/C7H15NS.C2H6/c1-4-7-8(3)6(2)5-9-7;1-2/h6-7H,4-5H2,1-3H3;1-2H3. The van der Waals surface area contributed by atoms with E-state index in [1.807, 2.05) is 13.8 Å². The molecule has 0 aliphatic carbocycles. The number of rotatable bonds is 1. The quantitative estimate of drug-likeness (QED) is 0.603. The maximum absolute atomic E-state index is 2.46. The largest absolute Gasteiger partial charge is 0.291 e. The van der Waals surface area contributed by atoms with Gasteiger partial charge in [0, 0.05) is 11.8 Å². The summed E-state index contributed by atoms with van der Waals surface area (Å²) in [6.45, 7) is 8.55. The van der Waals surface area contributed by atoms with Gasteiger partial charge in [0.25, 0.3) is 0 Å². The molecule has 2 atom stereocenters. The second kappa shape index (κ2) is 5.90. The molecule has 1 saturated heterocycles. The molecule has 0 spiro atoms. The van der Waals surface area contributed by atoms with Crippen molar-refractivity contribution in [2.75, 3.05) is 12.8 Å². The normalized spacial score (nSPS) is 31.4. The molecule has 1 aliphatic heterocycles. The maximum Gasteiger partial charge on any atom is 0.0555 e. The summed E-state index contributed by atoms with van der Waals surface area (Å²) in [6, 6.07) is 0.792. The first-order valence-corrected chi connectivity index (χ1v) is 5.64. The molecule has 0 aromatic carbocycles. The first-order chi connectivity index (χ1) is 5.25. The van der Waals surface area contributed by atoms with Gasteiger partial charge in [-0.05, 0) is 20.4 Å². The van der Waals surface area contributed by atoms with Crippen LogP contribution in [0.25, 0.3) is 0 Å². The van der Waals surface area contributed by atoms with Crippen LogP contribution in [0.4, 0.5) is 0 Å². The van der Waals surface area contributed by atoms with Gasteiger partial charge < -0.3 is 0 Å². The van der Waals surface area contributed by atoms with Crippen LogP contribution >= 0.6 is 11.8 Å². The van der Waals surface area contributed by atoms with Crippen molar-refractivity contribution in [3.63, 3.8) is 0 Å². The van der Waals surface area contributed by atoms with Gasteiger partial charge in [0.2, 0.25) is 0 Å². The van der Waals surface area contributed by atoms with Crippen LogP contribution in [-0.2, 0) is 0 Å². The Kier molecular flexibility index (Phi) is 6.06. The van der Waals surface area contributed by atoms with Crippen LogP contribution in [0.1, 0.15) is 34.1 Å². The van der Waals surface area contributed by atoms with E-state index in [1.165, 1.54) is 12.2 Å². The third-order valence-electron chi connectivity index (χ3n) is 2.03. The van der Waals surface area contributed by atoms with Gasteiger partial charge in [-0.15, -0.1) is 11.8 Å². The molecule has 0 bridgehead atoms. The molecule has 0 aromatic rings. The Bertz CT molecular complexity index is 95.6. The summed E-state index contributed by atoms with van der Waals surface area (Å²) < 4.78 is 0. The zero-order valence-electron chi connectivity index (χ0n) is 8.42. The van der Waals surface area contributed by atoms with Crippen LogP contribution in [0.3, 0.4) is 0 Å². The minimum Gasteiger partial charge on any atom is -0.291 e. The van der Waals surface area contributed by atoms with Crippen molar-refractivity contribution >= 4 is 11.8 Å². The molecular formula is C9H21NS. The van der Waals surface area contributed by atoms with Gasteiger partial charge in [-0.25, -0.2) is 0 Å². The Morgan fingerprint density at radius 2 is 2.00 bits per heavy atom. The lowest BCUT2D eigenvalue weighted by atomic mass is 10.3. The van der Waals surface area contributed by atoms with E-state index in [9.17, 15) is 0 Å². The van der Waals surface area contributed by atoms with E-state index in [2.05, 4.69) is 37.6 Å². The predicted octanol–water partition coefficient (Wildman–Crippen LogP) is 2.82. The summed E-state index contributed by atoms with van der Waals surface area (Å²) >= 11 is 2.08. The van der Waals surface area contributed by atoms with Gasteiger partial charge in [0.05, 0.1) is 5.37 Å². The molecule has 68 valence electrons. The maximum atomic E-state index is 2.46. The smallest absolute Gasteiger partial charge is 0.0555 e. The Morgan fingerprint density at radius 1 is 1.45 bits per heavy atom. The van der Waals surface area contributed by atoms with E-state index >= 15 is 0 Å². The van der Waals surface area contributed by atoms with Gasteiger partial charge in [-0.1, -0.05) is 20.8 Å². The third kappa shape index (κ3) is 3.04. The van der Waals surface area contributed by atoms with Gasteiger partial charge >= 0.3 is 0 Å². The molecule has 1 heterocycles. The molecule has 1 nitrogen and oxygen atoms in total. The lowest BCUT2D eigenvalue weighted by molar-refractivity contribution is 0.274. The van der Waals surface area contributed by atoms with Crippen molar-refractivity contribution in [2.45, 2.75) is 45.5 Å². The molecule has 2 unspecified atom stereocenters. The van der Waals surface area contributed by atoms with Gasteiger partial charge in [-0.3, -0.25) is 4.90 Å². The highest BCUT2D eigenvalue weighted by Crippen LogP contribution is 2.28. The Hall–Kier alpha value is 0.310. The first kappa shape index (κ1) is 11.3. The van der Waals surface area contributed by atoms with Crippen LogP contribution < -0.4 is 0 Å². The van der Waals surface area contributed by atoms with Crippen molar-refractivity contribution in [3.8, 4) is 0 Å². The van der Waals surface area contributed by atoms with Gasteiger partial charge in [0.15, 0.2) is 0 Å². The molecule has 1 aliphatic rings. The number of nitrogens with zero attached hydrogens (tertiary/aromatic N) is 1. The number of thioether (sulfide) groups is 1. The SMILES string of the molecule is CC.CCC1SCC(C)N1C. The third-order valence-corrected chi connectivity index (χ3v) is 3.75. The summed E-state index contributed by atoms with van der Waals surface area (Å²) in [6.07, 6.45) is 1.28. The summed E-state index contributed by atoms with van der Waals surface area (Å²) in [7, 11) is 2.22. The highest BCUT2D eigenvalue weighted by Gasteiger charge is 2.25. The fourth-order valence-electron chi connectivity index (χ4n) is 1.18. The average molecular weight is 175 g/mol. The van der Waals surface area contributed by atoms with Crippen molar-refractivity contribution in [3.05, 3.63) is 0 Å². The van der Waals surface area contributed by atoms with E-state index in [-0.39, 0.29) is 0 Å². The fraction of sp³-hybridized carbons (Fsp3) is 1.00. The van der Waals surface area contributed by atoms with Crippen LogP contribution in [0.15, 0.2) is 0 Å². The highest BCUT2D eigenvalue weighted by atomic mass is 32.2. The minimum atomic E-state index is 0.792. The minimum absolute atomic E-state index is 0.792. The average Bonchev–Trinajstić information content (AvgIpc) is 2.37. The second-order valence-corrected chi connectivity index (χ2v) is 3.92. The molecule has 0 amide bonds. The Labute approximate surface area is 75.5 Å². The predicted molar refractivity (Wildman–Crippen MR) is 55.1 cm³/mol. The zero-order valence-corrected chi connectivity index (χ0v) is 9.24. The topological polar surface area (TPSA) is 3.24 Å². The first-order valence-electron chi connectivity index (χ1n) is 4.59. The van der Waals surface area contributed by atoms with E-state index < -0.39 is 0 Å². The molecule has 2 heteroatoms. The molecule has 1 fully saturated rings. The zero-order chi connectivity index (χ0) is 8.85. The van der Waals surface area contributed by atoms with Crippen LogP contribution in [0.5, 0.6) is 0 Å². The summed E-state index contributed by atoms with van der Waals surface area (Å²) in [5.74, 6) is 1.31. The molecular weight excluding hydrogens is 154 g/mol. The second-order valence-electron chi connectivity index (χ2n) is 2.71. The van der Waals surface area contributed by atoms with Crippen LogP contribution in [-0.4, -0.2) is 29.1 Å². The number of hydrogen-bond donors (Lipinski definition) is 0. The van der Waals surface area contributed by atoms with Crippen molar-refractivity contribution in [2.24, 2.45) is 0 Å². The summed E-state index contributed by atoms with van der Waals surface area (Å²) in [5, 5.41) is 0.792. The molecule has 0 aromatic heterocycles.